The topological polar surface area (TPSA) is 44.8 Å². The molecule has 4 nitrogen and oxygen atoms in total. The summed E-state index contributed by atoms with van der Waals surface area (Å²) < 4.78 is 15.5. The largest absolute Gasteiger partial charge is 0.379 e. The molecule has 0 unspecified atom stereocenters. The van der Waals surface area contributed by atoms with Crippen LogP contribution in [0.25, 0.3) is 0 Å². The van der Waals surface area contributed by atoms with Gasteiger partial charge in [0.1, 0.15) is 5.78 Å². The van der Waals surface area contributed by atoms with Crippen molar-refractivity contribution in [2.24, 2.45) is 0 Å². The zero-order valence-electron chi connectivity index (χ0n) is 9.08. The molecule has 4 heteroatoms. The maximum Gasteiger partial charge on any atom is 0.132 e. The van der Waals surface area contributed by atoms with Crippen molar-refractivity contribution in [1.29, 1.82) is 0 Å². The molecule has 0 aliphatic carbocycles. The number of carbonyl (C=O) groups excluding carboxylic acids is 1. The fourth-order valence-corrected chi connectivity index (χ4v) is 0.800. The van der Waals surface area contributed by atoms with Gasteiger partial charge >= 0.3 is 0 Å². The van der Waals surface area contributed by atoms with Crippen molar-refractivity contribution in [1.82, 2.24) is 0 Å². The molecule has 84 valence electrons. The van der Waals surface area contributed by atoms with E-state index < -0.39 is 0 Å². The van der Waals surface area contributed by atoms with Crippen LogP contribution in [0, 0.1) is 0 Å². The van der Waals surface area contributed by atoms with E-state index in [1.807, 2.05) is 6.92 Å². The van der Waals surface area contributed by atoms with Gasteiger partial charge in [0, 0.05) is 13.0 Å². The van der Waals surface area contributed by atoms with Gasteiger partial charge in [-0.2, -0.15) is 0 Å². The summed E-state index contributed by atoms with van der Waals surface area (Å²) in [7, 11) is 0. The summed E-state index contributed by atoms with van der Waals surface area (Å²) in [5, 5.41) is 0. The molecule has 0 aromatic rings. The molecule has 0 saturated heterocycles. The van der Waals surface area contributed by atoms with Gasteiger partial charge < -0.3 is 14.2 Å². The van der Waals surface area contributed by atoms with E-state index in [2.05, 4.69) is 0 Å². The molecular weight excluding hydrogens is 184 g/mol. The first kappa shape index (κ1) is 13.5. The first-order valence-corrected chi connectivity index (χ1v) is 5.00. The van der Waals surface area contributed by atoms with Gasteiger partial charge in [-0.25, -0.2) is 0 Å². The average Bonchev–Trinajstić information content (AvgIpc) is 2.15. The Kier molecular flexibility index (Phi) is 10.3. The SMILES string of the molecule is CCOCCOCCOCCC(C)=O. The third kappa shape index (κ3) is 11.6. The molecule has 0 rings (SSSR count). The minimum atomic E-state index is 0.155. The molecule has 0 aliphatic rings. The highest BCUT2D eigenvalue weighted by Gasteiger charge is 1.93. The predicted octanol–water partition coefficient (Wildman–Crippen LogP) is 1.04. The lowest BCUT2D eigenvalue weighted by Crippen LogP contribution is -2.10. The fourth-order valence-electron chi connectivity index (χ4n) is 0.800. The zero-order valence-corrected chi connectivity index (χ0v) is 9.08. The van der Waals surface area contributed by atoms with Gasteiger partial charge in [0.05, 0.1) is 33.0 Å². The maximum absolute atomic E-state index is 10.5. The van der Waals surface area contributed by atoms with Gasteiger partial charge in [0.25, 0.3) is 0 Å². The van der Waals surface area contributed by atoms with Crippen LogP contribution in [0.15, 0.2) is 0 Å². The number of carbonyl (C=O) groups is 1. The second kappa shape index (κ2) is 10.6. The Balaban J connectivity index is 2.88. The number of hydrogen-bond acceptors (Lipinski definition) is 4. The first-order chi connectivity index (χ1) is 6.77. The molecule has 0 radical (unpaired) electrons. The Morgan fingerprint density at radius 3 is 1.93 bits per heavy atom. The lowest BCUT2D eigenvalue weighted by Gasteiger charge is -2.04. The first-order valence-electron chi connectivity index (χ1n) is 5.00. The summed E-state index contributed by atoms with van der Waals surface area (Å²) in [4.78, 5) is 10.5. The van der Waals surface area contributed by atoms with Crippen LogP contribution >= 0.6 is 0 Å². The monoisotopic (exact) mass is 204 g/mol. The zero-order chi connectivity index (χ0) is 10.6. The van der Waals surface area contributed by atoms with E-state index in [0.717, 1.165) is 6.61 Å². The second-order valence-corrected chi connectivity index (χ2v) is 2.87. The highest BCUT2D eigenvalue weighted by Crippen LogP contribution is 1.85. The lowest BCUT2D eigenvalue weighted by atomic mass is 10.3. The maximum atomic E-state index is 10.5. The van der Waals surface area contributed by atoms with E-state index in [0.29, 0.717) is 39.5 Å². The standard InChI is InChI=1S/C10H20O4/c1-3-12-6-7-14-9-8-13-5-4-10(2)11/h3-9H2,1-2H3. The summed E-state index contributed by atoms with van der Waals surface area (Å²) in [5.41, 5.74) is 0. The van der Waals surface area contributed by atoms with Gasteiger partial charge in [-0.1, -0.05) is 0 Å². The Morgan fingerprint density at radius 1 is 0.929 bits per heavy atom. The lowest BCUT2D eigenvalue weighted by molar-refractivity contribution is -0.118. The van der Waals surface area contributed by atoms with Crippen LogP contribution in [0.5, 0.6) is 0 Å². The molecular formula is C10H20O4. The minimum absolute atomic E-state index is 0.155. The van der Waals surface area contributed by atoms with Gasteiger partial charge in [-0.3, -0.25) is 4.79 Å². The number of hydrogen-bond donors (Lipinski definition) is 0. The normalized spacial score (nSPS) is 10.4. The third-order valence-electron chi connectivity index (χ3n) is 1.55. The minimum Gasteiger partial charge on any atom is -0.379 e. The van der Waals surface area contributed by atoms with E-state index in [1.54, 1.807) is 6.92 Å². The van der Waals surface area contributed by atoms with Crippen LogP contribution in [0.2, 0.25) is 0 Å². The Hall–Kier alpha value is -0.450. The molecule has 0 amide bonds. The van der Waals surface area contributed by atoms with Crippen molar-refractivity contribution in [3.8, 4) is 0 Å². The second-order valence-electron chi connectivity index (χ2n) is 2.87. The van der Waals surface area contributed by atoms with Crippen LogP contribution in [0.3, 0.4) is 0 Å². The van der Waals surface area contributed by atoms with Crippen molar-refractivity contribution >= 4 is 5.78 Å². The van der Waals surface area contributed by atoms with Crippen LogP contribution in [-0.4, -0.2) is 45.4 Å². The quantitative estimate of drug-likeness (QED) is 0.499. The van der Waals surface area contributed by atoms with Gasteiger partial charge in [0.2, 0.25) is 0 Å². The van der Waals surface area contributed by atoms with Crippen molar-refractivity contribution in [3.05, 3.63) is 0 Å². The molecule has 0 heterocycles. The van der Waals surface area contributed by atoms with E-state index in [-0.39, 0.29) is 5.78 Å². The number of rotatable bonds is 10. The summed E-state index contributed by atoms with van der Waals surface area (Å²) in [6.07, 6.45) is 0.485. The number of Topliss-reactive ketones (excluding diaryl/α,β-unsaturated/α-hetero) is 1. The van der Waals surface area contributed by atoms with Crippen molar-refractivity contribution in [3.63, 3.8) is 0 Å². The smallest absolute Gasteiger partial charge is 0.132 e. The highest BCUT2D eigenvalue weighted by atomic mass is 16.5. The average molecular weight is 204 g/mol. The third-order valence-corrected chi connectivity index (χ3v) is 1.55. The Bertz CT molecular complexity index is 136. The van der Waals surface area contributed by atoms with Crippen molar-refractivity contribution in [2.45, 2.75) is 20.3 Å². The van der Waals surface area contributed by atoms with E-state index in [4.69, 9.17) is 14.2 Å². The van der Waals surface area contributed by atoms with E-state index in [1.165, 1.54) is 0 Å². The van der Waals surface area contributed by atoms with Crippen LogP contribution in [0.4, 0.5) is 0 Å². The summed E-state index contributed by atoms with van der Waals surface area (Å²) in [6, 6.07) is 0. The van der Waals surface area contributed by atoms with Crippen molar-refractivity contribution < 1.29 is 19.0 Å². The number of ketones is 1. The molecule has 0 aromatic carbocycles. The summed E-state index contributed by atoms with van der Waals surface area (Å²) in [6.45, 7) is 7.05. The Morgan fingerprint density at radius 2 is 1.43 bits per heavy atom. The molecule has 14 heavy (non-hydrogen) atoms. The van der Waals surface area contributed by atoms with Gasteiger partial charge in [-0.05, 0) is 13.8 Å². The Labute approximate surface area is 85.5 Å². The van der Waals surface area contributed by atoms with Crippen molar-refractivity contribution in [2.75, 3.05) is 39.6 Å². The number of ether oxygens (including phenoxy) is 3. The molecule has 0 saturated carbocycles. The highest BCUT2D eigenvalue weighted by molar-refractivity contribution is 5.75. The molecule has 0 fully saturated rings. The van der Waals surface area contributed by atoms with Crippen LogP contribution < -0.4 is 0 Å². The molecule has 0 spiro atoms. The molecule has 0 N–H and O–H groups in total. The van der Waals surface area contributed by atoms with Gasteiger partial charge in [-0.15, -0.1) is 0 Å². The van der Waals surface area contributed by atoms with Crippen LogP contribution in [0.1, 0.15) is 20.3 Å². The van der Waals surface area contributed by atoms with Gasteiger partial charge in [0.15, 0.2) is 0 Å². The molecule has 0 bridgehead atoms. The molecule has 0 atom stereocenters. The predicted molar refractivity (Wildman–Crippen MR) is 53.4 cm³/mol. The summed E-state index contributed by atoms with van der Waals surface area (Å²) in [5.74, 6) is 0.155. The molecule has 0 aliphatic heterocycles. The molecule has 0 aromatic heterocycles. The van der Waals surface area contributed by atoms with E-state index in [9.17, 15) is 4.79 Å². The fraction of sp³-hybridized carbons (Fsp3) is 0.900. The summed E-state index contributed by atoms with van der Waals surface area (Å²) >= 11 is 0. The van der Waals surface area contributed by atoms with E-state index >= 15 is 0 Å². The van der Waals surface area contributed by atoms with Crippen LogP contribution in [-0.2, 0) is 19.0 Å².